The number of aromatic nitrogens is 1. The maximum atomic E-state index is 5.31. The molecular weight excluding hydrogens is 188 g/mol. The van der Waals surface area contributed by atoms with Crippen LogP contribution >= 0.6 is 0 Å². The standard InChI is InChI=1S/C12H10N2O/c1-2-10-4-3-5-12(6-10)13-7-11-8-14-15-9-11/h1,3-6,8-9,13H,7H2. The molecule has 0 aliphatic rings. The molecule has 0 atom stereocenters. The summed E-state index contributed by atoms with van der Waals surface area (Å²) in [6.07, 6.45) is 8.59. The van der Waals surface area contributed by atoms with E-state index in [1.807, 2.05) is 24.3 Å². The van der Waals surface area contributed by atoms with Gasteiger partial charge in [0.1, 0.15) is 6.26 Å². The summed E-state index contributed by atoms with van der Waals surface area (Å²) in [5.41, 5.74) is 2.86. The van der Waals surface area contributed by atoms with Gasteiger partial charge >= 0.3 is 0 Å². The highest BCUT2D eigenvalue weighted by molar-refractivity contribution is 5.50. The van der Waals surface area contributed by atoms with Crippen molar-refractivity contribution in [1.82, 2.24) is 5.16 Å². The Hall–Kier alpha value is -2.21. The fourth-order valence-electron chi connectivity index (χ4n) is 1.24. The first-order chi connectivity index (χ1) is 7.38. The van der Waals surface area contributed by atoms with E-state index in [1.54, 1.807) is 12.5 Å². The van der Waals surface area contributed by atoms with E-state index in [0.29, 0.717) is 6.54 Å². The molecular formula is C12H10N2O. The maximum absolute atomic E-state index is 5.31. The molecule has 0 aliphatic heterocycles. The zero-order valence-corrected chi connectivity index (χ0v) is 8.10. The van der Waals surface area contributed by atoms with Crippen molar-refractivity contribution in [2.45, 2.75) is 6.54 Å². The van der Waals surface area contributed by atoms with Gasteiger partial charge in [-0.3, -0.25) is 0 Å². The summed E-state index contributed by atoms with van der Waals surface area (Å²) < 4.78 is 4.73. The number of terminal acetylenes is 1. The molecule has 0 radical (unpaired) electrons. The van der Waals surface area contributed by atoms with Crippen LogP contribution in [0, 0.1) is 12.3 Å². The van der Waals surface area contributed by atoms with Crippen LogP contribution in [0.3, 0.4) is 0 Å². The summed E-state index contributed by atoms with van der Waals surface area (Å²) in [6.45, 7) is 0.678. The molecule has 74 valence electrons. The summed E-state index contributed by atoms with van der Waals surface area (Å²) in [4.78, 5) is 0. The first-order valence-electron chi connectivity index (χ1n) is 4.57. The SMILES string of the molecule is C#Cc1cccc(NCc2cnoc2)c1. The number of hydrogen-bond acceptors (Lipinski definition) is 3. The average Bonchev–Trinajstić information content (AvgIpc) is 2.79. The summed E-state index contributed by atoms with van der Waals surface area (Å²) in [5, 5.41) is 6.85. The van der Waals surface area contributed by atoms with Crippen LogP contribution in [-0.4, -0.2) is 5.16 Å². The molecule has 0 fully saturated rings. The van der Waals surface area contributed by atoms with Crippen molar-refractivity contribution < 1.29 is 4.52 Å². The number of anilines is 1. The Kier molecular flexibility index (Phi) is 2.70. The van der Waals surface area contributed by atoms with Crippen molar-refractivity contribution in [2.75, 3.05) is 5.32 Å². The smallest absolute Gasteiger partial charge is 0.128 e. The van der Waals surface area contributed by atoms with Crippen LogP contribution in [0.2, 0.25) is 0 Å². The predicted octanol–water partition coefficient (Wildman–Crippen LogP) is 2.27. The molecule has 0 saturated carbocycles. The summed E-state index contributed by atoms with van der Waals surface area (Å²) in [6, 6.07) is 7.71. The van der Waals surface area contributed by atoms with E-state index < -0.39 is 0 Å². The Balaban J connectivity index is 2.02. The minimum Gasteiger partial charge on any atom is -0.381 e. The zero-order chi connectivity index (χ0) is 10.5. The van der Waals surface area contributed by atoms with Gasteiger partial charge in [0, 0.05) is 23.4 Å². The first kappa shape index (κ1) is 9.35. The molecule has 0 bridgehead atoms. The molecule has 1 aromatic carbocycles. The normalized spacial score (nSPS) is 9.53. The molecule has 15 heavy (non-hydrogen) atoms. The molecule has 3 heteroatoms. The minimum absolute atomic E-state index is 0.678. The number of nitrogens with one attached hydrogen (secondary N) is 1. The lowest BCUT2D eigenvalue weighted by Gasteiger charge is -2.04. The van der Waals surface area contributed by atoms with Gasteiger partial charge in [0.25, 0.3) is 0 Å². The molecule has 0 spiro atoms. The van der Waals surface area contributed by atoms with E-state index in [-0.39, 0.29) is 0 Å². The maximum Gasteiger partial charge on any atom is 0.128 e. The van der Waals surface area contributed by atoms with Gasteiger partial charge in [-0.1, -0.05) is 17.1 Å². The van der Waals surface area contributed by atoms with Crippen molar-refractivity contribution in [1.29, 1.82) is 0 Å². The van der Waals surface area contributed by atoms with E-state index in [2.05, 4.69) is 16.4 Å². The van der Waals surface area contributed by atoms with E-state index in [9.17, 15) is 0 Å². The number of nitrogens with zero attached hydrogens (tertiary/aromatic N) is 1. The summed E-state index contributed by atoms with van der Waals surface area (Å²) >= 11 is 0. The third-order valence-corrected chi connectivity index (χ3v) is 2.01. The largest absolute Gasteiger partial charge is 0.381 e. The van der Waals surface area contributed by atoms with Crippen molar-refractivity contribution in [3.63, 3.8) is 0 Å². The van der Waals surface area contributed by atoms with Gasteiger partial charge in [-0.05, 0) is 18.2 Å². The van der Waals surface area contributed by atoms with Crippen molar-refractivity contribution in [3.05, 3.63) is 47.9 Å². The highest BCUT2D eigenvalue weighted by atomic mass is 16.5. The Morgan fingerprint density at radius 1 is 1.47 bits per heavy atom. The first-order valence-corrected chi connectivity index (χ1v) is 4.57. The topological polar surface area (TPSA) is 38.1 Å². The molecule has 0 saturated heterocycles. The molecule has 2 rings (SSSR count). The summed E-state index contributed by atoms with van der Waals surface area (Å²) in [7, 11) is 0. The van der Waals surface area contributed by atoms with Gasteiger partial charge in [-0.15, -0.1) is 6.42 Å². The second kappa shape index (κ2) is 4.34. The second-order valence-corrected chi connectivity index (χ2v) is 3.11. The lowest BCUT2D eigenvalue weighted by molar-refractivity contribution is 0.419. The van der Waals surface area contributed by atoms with Crippen molar-refractivity contribution >= 4 is 5.69 Å². The zero-order valence-electron chi connectivity index (χ0n) is 8.10. The summed E-state index contributed by atoms with van der Waals surface area (Å²) in [5.74, 6) is 2.59. The van der Waals surface area contributed by atoms with Gasteiger partial charge in [-0.25, -0.2) is 0 Å². The fourth-order valence-corrected chi connectivity index (χ4v) is 1.24. The highest BCUT2D eigenvalue weighted by Crippen LogP contribution is 2.11. The Morgan fingerprint density at radius 2 is 2.40 bits per heavy atom. The fraction of sp³-hybridized carbons (Fsp3) is 0.0833. The molecule has 0 aliphatic carbocycles. The van der Waals surface area contributed by atoms with E-state index in [0.717, 1.165) is 16.8 Å². The molecule has 0 amide bonds. The number of hydrogen-bond donors (Lipinski definition) is 1. The third kappa shape index (κ3) is 2.38. The van der Waals surface area contributed by atoms with E-state index in [4.69, 9.17) is 10.9 Å². The minimum atomic E-state index is 0.678. The molecule has 1 N–H and O–H groups in total. The van der Waals surface area contributed by atoms with Crippen LogP contribution in [-0.2, 0) is 6.54 Å². The van der Waals surface area contributed by atoms with Crippen LogP contribution < -0.4 is 5.32 Å². The Bertz CT molecular complexity index is 469. The second-order valence-electron chi connectivity index (χ2n) is 3.11. The number of rotatable bonds is 3. The lowest BCUT2D eigenvalue weighted by atomic mass is 10.2. The van der Waals surface area contributed by atoms with Crippen LogP contribution in [0.25, 0.3) is 0 Å². The van der Waals surface area contributed by atoms with Crippen molar-refractivity contribution in [2.24, 2.45) is 0 Å². The molecule has 1 aromatic heterocycles. The van der Waals surface area contributed by atoms with Crippen LogP contribution in [0.5, 0.6) is 0 Å². The van der Waals surface area contributed by atoms with Crippen LogP contribution in [0.1, 0.15) is 11.1 Å². The van der Waals surface area contributed by atoms with Crippen molar-refractivity contribution in [3.8, 4) is 12.3 Å². The van der Waals surface area contributed by atoms with Gasteiger partial charge < -0.3 is 9.84 Å². The molecule has 0 unspecified atom stereocenters. The van der Waals surface area contributed by atoms with E-state index >= 15 is 0 Å². The quantitative estimate of drug-likeness (QED) is 0.769. The van der Waals surface area contributed by atoms with Crippen LogP contribution in [0.15, 0.2) is 41.2 Å². The number of benzene rings is 1. The highest BCUT2D eigenvalue weighted by Gasteiger charge is 1.96. The van der Waals surface area contributed by atoms with Gasteiger partial charge in [0.15, 0.2) is 0 Å². The van der Waals surface area contributed by atoms with Crippen LogP contribution in [0.4, 0.5) is 5.69 Å². The van der Waals surface area contributed by atoms with Gasteiger partial charge in [0.2, 0.25) is 0 Å². The third-order valence-electron chi connectivity index (χ3n) is 2.01. The Morgan fingerprint density at radius 3 is 3.13 bits per heavy atom. The molecule has 3 nitrogen and oxygen atoms in total. The molecule has 2 aromatic rings. The van der Waals surface area contributed by atoms with Gasteiger partial charge in [-0.2, -0.15) is 0 Å². The van der Waals surface area contributed by atoms with Gasteiger partial charge in [0.05, 0.1) is 6.20 Å². The monoisotopic (exact) mass is 198 g/mol. The van der Waals surface area contributed by atoms with E-state index in [1.165, 1.54) is 0 Å². The Labute approximate surface area is 88.1 Å². The molecule has 1 heterocycles. The predicted molar refractivity (Wildman–Crippen MR) is 58.2 cm³/mol. The lowest BCUT2D eigenvalue weighted by Crippen LogP contribution is -1.97. The average molecular weight is 198 g/mol.